The predicted octanol–water partition coefficient (Wildman–Crippen LogP) is 4.22. The van der Waals surface area contributed by atoms with E-state index < -0.39 is 0 Å². The minimum absolute atomic E-state index is 0.0794. The van der Waals surface area contributed by atoms with Crippen LogP contribution in [0.25, 0.3) is 0 Å². The van der Waals surface area contributed by atoms with E-state index >= 15 is 0 Å². The summed E-state index contributed by atoms with van der Waals surface area (Å²) in [6, 6.07) is 18.8. The highest BCUT2D eigenvalue weighted by molar-refractivity contribution is 5.82. The summed E-state index contributed by atoms with van der Waals surface area (Å²) in [6.07, 6.45) is 0. The molecule has 2 rings (SSSR count). The maximum absolute atomic E-state index is 12.2. The summed E-state index contributed by atoms with van der Waals surface area (Å²) in [5, 5.41) is 0. The number of ketones is 1. The van der Waals surface area contributed by atoms with Crippen LogP contribution in [0.3, 0.4) is 0 Å². The van der Waals surface area contributed by atoms with E-state index in [1.54, 1.807) is 0 Å². The maximum Gasteiger partial charge on any atom is 0.149 e. The maximum atomic E-state index is 12.2. The number of hydrogen-bond acceptors (Lipinski definition) is 2. The van der Waals surface area contributed by atoms with Crippen LogP contribution in [0.4, 0.5) is 0 Å². The average molecular weight is 295 g/mol. The number of carbonyl (C=O) groups excluding carboxylic acids is 1. The van der Waals surface area contributed by atoms with E-state index in [1.165, 1.54) is 16.7 Å². The Morgan fingerprint density at radius 3 is 2.23 bits per heavy atom. The molecule has 0 aromatic heterocycles. The van der Waals surface area contributed by atoms with Gasteiger partial charge >= 0.3 is 0 Å². The number of nitrogens with zero attached hydrogens (tertiary/aromatic N) is 1. The van der Waals surface area contributed by atoms with Gasteiger partial charge < -0.3 is 0 Å². The molecule has 0 heterocycles. The van der Waals surface area contributed by atoms with Gasteiger partial charge in [-0.05, 0) is 18.1 Å². The van der Waals surface area contributed by atoms with Crippen molar-refractivity contribution in [1.82, 2.24) is 4.90 Å². The molecule has 0 aliphatic carbocycles. The minimum Gasteiger partial charge on any atom is -0.298 e. The van der Waals surface area contributed by atoms with Gasteiger partial charge in [0.15, 0.2) is 0 Å². The van der Waals surface area contributed by atoms with Crippen LogP contribution in [-0.4, -0.2) is 17.2 Å². The standard InChI is InChI=1S/C20H25NO/c1-16(2)20(22)15-21(13-18-9-5-4-6-10-18)14-19-11-7-8-17(3)12-19/h4-12,16H,13-15H2,1-3H3. The van der Waals surface area contributed by atoms with Gasteiger partial charge in [-0.15, -0.1) is 0 Å². The van der Waals surface area contributed by atoms with Crippen LogP contribution in [0, 0.1) is 12.8 Å². The quantitative estimate of drug-likeness (QED) is 0.762. The van der Waals surface area contributed by atoms with Gasteiger partial charge in [0, 0.05) is 19.0 Å². The van der Waals surface area contributed by atoms with E-state index in [2.05, 4.69) is 48.2 Å². The summed E-state index contributed by atoms with van der Waals surface area (Å²) in [6.45, 7) is 8.14. The summed E-state index contributed by atoms with van der Waals surface area (Å²) in [5.41, 5.74) is 3.76. The molecule has 116 valence electrons. The van der Waals surface area contributed by atoms with Crippen molar-refractivity contribution in [2.45, 2.75) is 33.9 Å². The lowest BCUT2D eigenvalue weighted by Gasteiger charge is -2.23. The molecule has 0 saturated carbocycles. The van der Waals surface area contributed by atoms with Crippen LogP contribution in [0.15, 0.2) is 54.6 Å². The topological polar surface area (TPSA) is 20.3 Å². The summed E-state index contributed by atoms with van der Waals surface area (Å²) < 4.78 is 0. The summed E-state index contributed by atoms with van der Waals surface area (Å²) in [4.78, 5) is 14.4. The zero-order valence-electron chi connectivity index (χ0n) is 13.8. The number of hydrogen-bond donors (Lipinski definition) is 0. The second-order valence-corrected chi connectivity index (χ2v) is 6.24. The fourth-order valence-electron chi connectivity index (χ4n) is 2.48. The molecule has 2 nitrogen and oxygen atoms in total. The van der Waals surface area contributed by atoms with Crippen LogP contribution >= 0.6 is 0 Å². The smallest absolute Gasteiger partial charge is 0.149 e. The van der Waals surface area contributed by atoms with Gasteiger partial charge in [0.25, 0.3) is 0 Å². The summed E-state index contributed by atoms with van der Waals surface area (Å²) in [7, 11) is 0. The third-order valence-electron chi connectivity index (χ3n) is 3.76. The first-order chi connectivity index (χ1) is 10.5. The van der Waals surface area contributed by atoms with Crippen molar-refractivity contribution in [3.05, 3.63) is 71.3 Å². The normalized spacial score (nSPS) is 11.1. The van der Waals surface area contributed by atoms with E-state index in [9.17, 15) is 4.79 Å². The second-order valence-electron chi connectivity index (χ2n) is 6.24. The van der Waals surface area contributed by atoms with Crippen LogP contribution in [0.1, 0.15) is 30.5 Å². The van der Waals surface area contributed by atoms with Crippen molar-refractivity contribution in [2.75, 3.05) is 6.54 Å². The number of benzene rings is 2. The third-order valence-corrected chi connectivity index (χ3v) is 3.76. The molecule has 22 heavy (non-hydrogen) atoms. The number of carbonyl (C=O) groups is 1. The first kappa shape index (κ1) is 16.4. The molecule has 2 aromatic rings. The highest BCUT2D eigenvalue weighted by Gasteiger charge is 2.14. The van der Waals surface area contributed by atoms with Crippen LogP contribution in [0.2, 0.25) is 0 Å². The van der Waals surface area contributed by atoms with Crippen molar-refractivity contribution in [3.8, 4) is 0 Å². The molecule has 2 aromatic carbocycles. The largest absolute Gasteiger partial charge is 0.298 e. The molecule has 0 fully saturated rings. The molecular formula is C20H25NO. The molecule has 2 heteroatoms. The molecule has 0 spiro atoms. The molecule has 0 atom stereocenters. The fraction of sp³-hybridized carbons (Fsp3) is 0.350. The van der Waals surface area contributed by atoms with E-state index in [1.807, 2.05) is 32.0 Å². The lowest BCUT2D eigenvalue weighted by atomic mass is 10.1. The first-order valence-electron chi connectivity index (χ1n) is 7.89. The van der Waals surface area contributed by atoms with Crippen LogP contribution in [0.5, 0.6) is 0 Å². The second kappa shape index (κ2) is 7.90. The lowest BCUT2D eigenvalue weighted by Crippen LogP contribution is -2.31. The Kier molecular flexibility index (Phi) is 5.91. The molecule has 0 radical (unpaired) electrons. The van der Waals surface area contributed by atoms with Gasteiger partial charge in [0.2, 0.25) is 0 Å². The molecule has 0 aliphatic heterocycles. The van der Waals surface area contributed by atoms with Gasteiger partial charge in [0.05, 0.1) is 6.54 Å². The van der Waals surface area contributed by atoms with Crippen LogP contribution < -0.4 is 0 Å². The van der Waals surface area contributed by atoms with Gasteiger partial charge in [-0.2, -0.15) is 0 Å². The number of rotatable bonds is 7. The lowest BCUT2D eigenvalue weighted by molar-refractivity contribution is -0.123. The van der Waals surface area contributed by atoms with Crippen molar-refractivity contribution < 1.29 is 4.79 Å². The third kappa shape index (κ3) is 5.12. The van der Waals surface area contributed by atoms with Crippen molar-refractivity contribution in [3.63, 3.8) is 0 Å². The first-order valence-corrected chi connectivity index (χ1v) is 7.89. The molecular weight excluding hydrogens is 270 g/mol. The Hall–Kier alpha value is -1.93. The van der Waals surface area contributed by atoms with Crippen molar-refractivity contribution in [1.29, 1.82) is 0 Å². The highest BCUT2D eigenvalue weighted by Crippen LogP contribution is 2.12. The minimum atomic E-state index is 0.0794. The van der Waals surface area contributed by atoms with E-state index in [-0.39, 0.29) is 5.92 Å². The van der Waals surface area contributed by atoms with E-state index in [4.69, 9.17) is 0 Å². The number of aryl methyl sites for hydroxylation is 1. The molecule has 0 saturated heterocycles. The number of Topliss-reactive ketones (excluding diaryl/α,β-unsaturated/α-hetero) is 1. The van der Waals surface area contributed by atoms with Gasteiger partial charge in [-0.3, -0.25) is 9.69 Å². The van der Waals surface area contributed by atoms with E-state index in [0.29, 0.717) is 12.3 Å². The Bertz CT molecular complexity index is 604. The molecule has 0 N–H and O–H groups in total. The average Bonchev–Trinajstić information content (AvgIpc) is 2.48. The highest BCUT2D eigenvalue weighted by atomic mass is 16.1. The van der Waals surface area contributed by atoms with Crippen molar-refractivity contribution >= 4 is 5.78 Å². The Labute approximate surface area is 133 Å². The zero-order chi connectivity index (χ0) is 15.9. The van der Waals surface area contributed by atoms with Gasteiger partial charge in [-0.1, -0.05) is 74.0 Å². The fourth-order valence-corrected chi connectivity index (χ4v) is 2.48. The monoisotopic (exact) mass is 295 g/mol. The van der Waals surface area contributed by atoms with E-state index in [0.717, 1.165) is 13.1 Å². The zero-order valence-corrected chi connectivity index (χ0v) is 13.8. The van der Waals surface area contributed by atoms with Crippen molar-refractivity contribution in [2.24, 2.45) is 5.92 Å². The van der Waals surface area contributed by atoms with Gasteiger partial charge in [-0.25, -0.2) is 0 Å². The van der Waals surface area contributed by atoms with Crippen LogP contribution in [-0.2, 0) is 17.9 Å². The molecule has 0 aliphatic rings. The molecule has 0 unspecified atom stereocenters. The SMILES string of the molecule is Cc1cccc(CN(CC(=O)C(C)C)Cc2ccccc2)c1. The molecule has 0 amide bonds. The Balaban J connectivity index is 2.12. The summed E-state index contributed by atoms with van der Waals surface area (Å²) >= 11 is 0. The van der Waals surface area contributed by atoms with Gasteiger partial charge in [0.1, 0.15) is 5.78 Å². The molecule has 0 bridgehead atoms. The Morgan fingerprint density at radius 1 is 0.955 bits per heavy atom. The summed E-state index contributed by atoms with van der Waals surface area (Å²) in [5.74, 6) is 0.374. The predicted molar refractivity (Wildman–Crippen MR) is 91.6 cm³/mol. The Morgan fingerprint density at radius 2 is 1.59 bits per heavy atom.